The molecule has 0 aliphatic carbocycles. The number of hydrogen-bond acceptors (Lipinski definition) is 2. The van der Waals surface area contributed by atoms with E-state index in [0.29, 0.717) is 6.42 Å². The Morgan fingerprint density at radius 1 is 1.23 bits per heavy atom. The van der Waals surface area contributed by atoms with Gasteiger partial charge in [-0.3, -0.25) is 4.79 Å². The van der Waals surface area contributed by atoms with Crippen LogP contribution in [0.3, 0.4) is 0 Å². The van der Waals surface area contributed by atoms with Gasteiger partial charge in [0.05, 0.1) is 6.04 Å². The van der Waals surface area contributed by atoms with Crippen LogP contribution in [-0.4, -0.2) is 5.78 Å². The molecular formula is C11H11NO. The smallest absolute Gasteiger partial charge is 0.159 e. The minimum atomic E-state index is 0.152. The number of ketones is 1. The van der Waals surface area contributed by atoms with Crippen LogP contribution in [-0.2, 0) is 4.79 Å². The van der Waals surface area contributed by atoms with Crippen molar-refractivity contribution in [3.8, 4) is 0 Å². The second-order valence-corrected chi connectivity index (χ2v) is 3.13. The van der Waals surface area contributed by atoms with Crippen LogP contribution in [0.5, 0.6) is 0 Å². The highest BCUT2D eigenvalue weighted by molar-refractivity contribution is 5.90. The van der Waals surface area contributed by atoms with Gasteiger partial charge in [-0.05, 0) is 11.6 Å². The lowest BCUT2D eigenvalue weighted by Gasteiger charge is -2.19. The summed E-state index contributed by atoms with van der Waals surface area (Å²) in [5, 5.41) is 3.16. The number of benzene rings is 1. The van der Waals surface area contributed by atoms with Crippen LogP contribution in [0.15, 0.2) is 42.6 Å². The SMILES string of the molecule is O=C1C=CNC(c2ccccc2)C1. The van der Waals surface area contributed by atoms with Gasteiger partial charge in [0, 0.05) is 12.6 Å². The van der Waals surface area contributed by atoms with Crippen LogP contribution in [0, 0.1) is 0 Å². The highest BCUT2D eigenvalue weighted by Crippen LogP contribution is 2.19. The zero-order chi connectivity index (χ0) is 9.10. The molecule has 1 atom stereocenters. The molecule has 1 N–H and O–H groups in total. The Morgan fingerprint density at radius 3 is 2.69 bits per heavy atom. The topological polar surface area (TPSA) is 29.1 Å². The van der Waals surface area contributed by atoms with Gasteiger partial charge in [-0.1, -0.05) is 30.3 Å². The van der Waals surface area contributed by atoms with Crippen LogP contribution < -0.4 is 5.32 Å². The molecule has 0 bridgehead atoms. The Kier molecular flexibility index (Phi) is 2.13. The lowest BCUT2D eigenvalue weighted by atomic mass is 10.00. The molecule has 13 heavy (non-hydrogen) atoms. The number of carbonyl (C=O) groups excluding carboxylic acids is 1. The largest absolute Gasteiger partial charge is 0.384 e. The van der Waals surface area contributed by atoms with Crippen molar-refractivity contribution in [3.05, 3.63) is 48.2 Å². The van der Waals surface area contributed by atoms with Gasteiger partial charge in [-0.2, -0.15) is 0 Å². The van der Waals surface area contributed by atoms with E-state index >= 15 is 0 Å². The summed E-state index contributed by atoms with van der Waals surface area (Å²) in [4.78, 5) is 11.1. The summed E-state index contributed by atoms with van der Waals surface area (Å²) in [6, 6.07) is 10.2. The van der Waals surface area contributed by atoms with Gasteiger partial charge in [0.25, 0.3) is 0 Å². The molecule has 2 heteroatoms. The van der Waals surface area contributed by atoms with Gasteiger partial charge >= 0.3 is 0 Å². The first kappa shape index (κ1) is 8.05. The van der Waals surface area contributed by atoms with Crippen LogP contribution in [0.4, 0.5) is 0 Å². The maximum Gasteiger partial charge on any atom is 0.159 e. The molecule has 1 unspecified atom stereocenters. The molecule has 0 fully saturated rings. The van der Waals surface area contributed by atoms with Crippen LogP contribution >= 0.6 is 0 Å². The second kappa shape index (κ2) is 3.44. The quantitative estimate of drug-likeness (QED) is 0.701. The highest BCUT2D eigenvalue weighted by atomic mass is 16.1. The number of rotatable bonds is 1. The molecule has 1 aromatic rings. The predicted molar refractivity (Wildman–Crippen MR) is 51.1 cm³/mol. The van der Waals surface area contributed by atoms with Crippen molar-refractivity contribution in [1.82, 2.24) is 5.32 Å². The third kappa shape index (κ3) is 1.78. The third-order valence-corrected chi connectivity index (χ3v) is 2.17. The van der Waals surface area contributed by atoms with Gasteiger partial charge in [0.15, 0.2) is 5.78 Å². The lowest BCUT2D eigenvalue weighted by Crippen LogP contribution is -2.22. The summed E-state index contributed by atoms with van der Waals surface area (Å²) in [6.07, 6.45) is 3.86. The maximum absolute atomic E-state index is 11.1. The monoisotopic (exact) mass is 173 g/mol. The number of allylic oxidation sites excluding steroid dienone is 1. The van der Waals surface area contributed by atoms with Crippen LogP contribution in [0.2, 0.25) is 0 Å². The molecule has 1 aliphatic rings. The molecular weight excluding hydrogens is 162 g/mol. The van der Waals surface area contributed by atoms with Gasteiger partial charge in [-0.25, -0.2) is 0 Å². The molecule has 0 saturated carbocycles. The van der Waals surface area contributed by atoms with E-state index in [1.165, 1.54) is 5.56 Å². The molecule has 1 aliphatic heterocycles. The van der Waals surface area contributed by atoms with Crippen molar-refractivity contribution in [3.63, 3.8) is 0 Å². The fourth-order valence-corrected chi connectivity index (χ4v) is 1.48. The van der Waals surface area contributed by atoms with Gasteiger partial charge in [-0.15, -0.1) is 0 Å². The molecule has 66 valence electrons. The Bertz CT molecular complexity index is 329. The number of hydrogen-bond donors (Lipinski definition) is 1. The predicted octanol–water partition coefficient (Wildman–Crippen LogP) is 1.80. The average Bonchev–Trinajstić information content (AvgIpc) is 2.19. The average molecular weight is 173 g/mol. The molecule has 2 nitrogen and oxygen atoms in total. The minimum absolute atomic E-state index is 0.152. The Morgan fingerprint density at radius 2 is 2.00 bits per heavy atom. The Hall–Kier alpha value is -1.57. The van der Waals surface area contributed by atoms with Crippen molar-refractivity contribution in [2.24, 2.45) is 0 Å². The zero-order valence-corrected chi connectivity index (χ0v) is 7.23. The normalized spacial score (nSPS) is 21.2. The molecule has 0 amide bonds. The first-order chi connectivity index (χ1) is 6.36. The number of carbonyl (C=O) groups is 1. The summed E-state index contributed by atoms with van der Waals surface area (Å²) >= 11 is 0. The van der Waals surface area contributed by atoms with E-state index in [9.17, 15) is 4.79 Å². The first-order valence-electron chi connectivity index (χ1n) is 4.36. The lowest BCUT2D eigenvalue weighted by molar-refractivity contribution is -0.115. The summed E-state index contributed by atoms with van der Waals surface area (Å²) in [7, 11) is 0. The van der Waals surface area contributed by atoms with E-state index in [4.69, 9.17) is 0 Å². The zero-order valence-electron chi connectivity index (χ0n) is 7.23. The van der Waals surface area contributed by atoms with Crippen molar-refractivity contribution in [2.45, 2.75) is 12.5 Å². The van der Waals surface area contributed by atoms with E-state index in [0.717, 1.165) is 0 Å². The Labute approximate surface area is 77.3 Å². The molecule has 1 heterocycles. The molecule has 0 spiro atoms. The Balaban J connectivity index is 2.19. The molecule has 0 radical (unpaired) electrons. The van der Waals surface area contributed by atoms with Crippen LogP contribution in [0.25, 0.3) is 0 Å². The highest BCUT2D eigenvalue weighted by Gasteiger charge is 2.15. The first-order valence-corrected chi connectivity index (χ1v) is 4.36. The molecule has 0 saturated heterocycles. The summed E-state index contributed by atoms with van der Waals surface area (Å²) < 4.78 is 0. The van der Waals surface area contributed by atoms with Gasteiger partial charge < -0.3 is 5.32 Å². The van der Waals surface area contributed by atoms with Crippen LogP contribution in [0.1, 0.15) is 18.0 Å². The van der Waals surface area contributed by atoms with Crippen molar-refractivity contribution in [2.75, 3.05) is 0 Å². The summed E-state index contributed by atoms with van der Waals surface area (Å²) in [5.41, 5.74) is 1.17. The molecule has 0 aromatic heterocycles. The van der Waals surface area contributed by atoms with Gasteiger partial charge in [0.2, 0.25) is 0 Å². The standard InChI is InChI=1S/C11H11NO/c13-10-6-7-12-11(8-10)9-4-2-1-3-5-9/h1-7,11-12H,8H2. The number of nitrogens with one attached hydrogen (secondary N) is 1. The summed E-state index contributed by atoms with van der Waals surface area (Å²) in [6.45, 7) is 0. The van der Waals surface area contributed by atoms with E-state index in [1.807, 2.05) is 30.3 Å². The fourth-order valence-electron chi connectivity index (χ4n) is 1.48. The van der Waals surface area contributed by atoms with E-state index in [1.54, 1.807) is 12.3 Å². The maximum atomic E-state index is 11.1. The molecule has 2 rings (SSSR count). The molecule has 1 aromatic carbocycles. The third-order valence-electron chi connectivity index (χ3n) is 2.17. The fraction of sp³-hybridized carbons (Fsp3) is 0.182. The van der Waals surface area contributed by atoms with Crippen molar-refractivity contribution in [1.29, 1.82) is 0 Å². The van der Waals surface area contributed by atoms with E-state index in [-0.39, 0.29) is 11.8 Å². The van der Waals surface area contributed by atoms with Crippen molar-refractivity contribution >= 4 is 5.78 Å². The van der Waals surface area contributed by atoms with E-state index < -0.39 is 0 Å². The van der Waals surface area contributed by atoms with E-state index in [2.05, 4.69) is 5.32 Å². The van der Waals surface area contributed by atoms with Gasteiger partial charge in [0.1, 0.15) is 0 Å². The van der Waals surface area contributed by atoms with Crippen molar-refractivity contribution < 1.29 is 4.79 Å². The second-order valence-electron chi connectivity index (χ2n) is 3.13. The summed E-state index contributed by atoms with van der Waals surface area (Å²) in [5.74, 6) is 0.188. The minimum Gasteiger partial charge on any atom is -0.384 e.